The van der Waals surface area contributed by atoms with Crippen LogP contribution in [0, 0.1) is 5.41 Å². The number of nitrogen functional groups attached to an aromatic ring is 1. The first-order valence-electron chi connectivity index (χ1n) is 6.18. The Kier molecular flexibility index (Phi) is 2.91. The Balaban J connectivity index is 1.65. The molecule has 1 fully saturated rings. The van der Waals surface area contributed by atoms with E-state index in [1.54, 1.807) is 6.07 Å². The van der Waals surface area contributed by atoms with Crippen LogP contribution in [0.2, 0.25) is 0 Å². The zero-order chi connectivity index (χ0) is 13.3. The fraction of sp³-hybridized carbons (Fsp3) is 0.357. The second-order valence-electron chi connectivity index (χ2n) is 5.23. The van der Waals surface area contributed by atoms with Gasteiger partial charge in [0.25, 0.3) is 0 Å². The lowest BCUT2D eigenvalue weighted by Crippen LogP contribution is -2.44. The average molecular weight is 260 g/mol. The van der Waals surface area contributed by atoms with Crippen molar-refractivity contribution >= 4 is 5.82 Å². The summed E-state index contributed by atoms with van der Waals surface area (Å²) < 4.78 is 16.1. The summed E-state index contributed by atoms with van der Waals surface area (Å²) in [5.74, 6) is 1.88. The van der Waals surface area contributed by atoms with Crippen LogP contribution in [-0.2, 0) is 4.74 Å². The van der Waals surface area contributed by atoms with Crippen LogP contribution < -0.4 is 10.5 Å². The minimum absolute atomic E-state index is 0.151. The van der Waals surface area contributed by atoms with Crippen LogP contribution in [0.5, 0.6) is 5.75 Å². The normalized spacial score (nSPS) is 16.9. The lowest BCUT2D eigenvalue weighted by atomic mass is 9.90. The van der Waals surface area contributed by atoms with Gasteiger partial charge in [-0.15, -0.1) is 0 Å². The minimum Gasteiger partial charge on any atom is -0.493 e. The molecule has 0 unspecified atom stereocenters. The number of rotatable bonds is 4. The maximum atomic E-state index is 5.76. The molecule has 5 heteroatoms. The number of nitrogens with two attached hydrogens (primary N) is 1. The van der Waals surface area contributed by atoms with E-state index in [1.165, 1.54) is 0 Å². The Hall–Kier alpha value is -2.01. The summed E-state index contributed by atoms with van der Waals surface area (Å²) >= 11 is 0. The van der Waals surface area contributed by atoms with E-state index in [4.69, 9.17) is 19.7 Å². The molecule has 0 spiro atoms. The summed E-state index contributed by atoms with van der Waals surface area (Å²) in [7, 11) is 0. The number of anilines is 1. The van der Waals surface area contributed by atoms with Crippen molar-refractivity contribution in [2.24, 2.45) is 5.41 Å². The SMILES string of the molecule is CC1(COc2ccc(-c3cc(N)no3)cc2)COC1. The van der Waals surface area contributed by atoms with E-state index in [9.17, 15) is 0 Å². The van der Waals surface area contributed by atoms with Crippen molar-refractivity contribution in [2.75, 3.05) is 25.6 Å². The van der Waals surface area contributed by atoms with Gasteiger partial charge in [0.15, 0.2) is 11.6 Å². The molecule has 1 saturated heterocycles. The molecule has 5 nitrogen and oxygen atoms in total. The van der Waals surface area contributed by atoms with Crippen molar-refractivity contribution in [3.8, 4) is 17.1 Å². The number of ether oxygens (including phenoxy) is 2. The molecular weight excluding hydrogens is 244 g/mol. The highest BCUT2D eigenvalue weighted by atomic mass is 16.5. The van der Waals surface area contributed by atoms with Crippen molar-refractivity contribution < 1.29 is 14.0 Å². The summed E-state index contributed by atoms with van der Waals surface area (Å²) in [4.78, 5) is 0. The van der Waals surface area contributed by atoms with E-state index in [0.29, 0.717) is 18.2 Å². The molecule has 0 bridgehead atoms. The third-order valence-electron chi connectivity index (χ3n) is 3.16. The lowest BCUT2D eigenvalue weighted by molar-refractivity contribution is -0.120. The summed E-state index contributed by atoms with van der Waals surface area (Å²) in [5, 5.41) is 3.66. The van der Waals surface area contributed by atoms with Crippen LogP contribution in [0.15, 0.2) is 34.9 Å². The molecular formula is C14H16N2O3. The Bertz CT molecular complexity index is 558. The number of nitrogens with zero attached hydrogens (tertiary/aromatic N) is 1. The molecule has 100 valence electrons. The topological polar surface area (TPSA) is 70.5 Å². The van der Waals surface area contributed by atoms with Crippen LogP contribution in [-0.4, -0.2) is 25.0 Å². The largest absolute Gasteiger partial charge is 0.493 e. The number of hydrogen-bond acceptors (Lipinski definition) is 5. The molecule has 0 atom stereocenters. The predicted octanol–water partition coefficient (Wildman–Crippen LogP) is 2.34. The number of aromatic nitrogens is 1. The van der Waals surface area contributed by atoms with Gasteiger partial charge in [0.2, 0.25) is 0 Å². The Morgan fingerprint density at radius 2 is 2.05 bits per heavy atom. The molecule has 0 radical (unpaired) electrons. The maximum Gasteiger partial charge on any atom is 0.169 e. The van der Waals surface area contributed by atoms with Gasteiger partial charge < -0.3 is 19.7 Å². The third-order valence-corrected chi connectivity index (χ3v) is 3.16. The van der Waals surface area contributed by atoms with Crippen molar-refractivity contribution in [3.05, 3.63) is 30.3 Å². The Morgan fingerprint density at radius 1 is 1.32 bits per heavy atom. The van der Waals surface area contributed by atoms with Crippen LogP contribution >= 0.6 is 0 Å². The molecule has 1 aliphatic rings. The van der Waals surface area contributed by atoms with Crippen molar-refractivity contribution in [1.29, 1.82) is 0 Å². The van der Waals surface area contributed by atoms with Crippen LogP contribution in [0.3, 0.4) is 0 Å². The van der Waals surface area contributed by atoms with Gasteiger partial charge in [-0.2, -0.15) is 0 Å². The molecule has 19 heavy (non-hydrogen) atoms. The molecule has 2 heterocycles. The van der Waals surface area contributed by atoms with Gasteiger partial charge in [-0.3, -0.25) is 0 Å². The summed E-state index contributed by atoms with van der Waals surface area (Å²) in [5.41, 5.74) is 6.60. The number of hydrogen-bond donors (Lipinski definition) is 1. The molecule has 0 aliphatic carbocycles. The molecule has 1 aliphatic heterocycles. The Labute approximate surface area is 111 Å². The van der Waals surface area contributed by atoms with Gasteiger partial charge in [-0.25, -0.2) is 0 Å². The molecule has 1 aromatic heterocycles. The van der Waals surface area contributed by atoms with Gasteiger partial charge in [-0.1, -0.05) is 12.1 Å². The van der Waals surface area contributed by atoms with Crippen LogP contribution in [0.1, 0.15) is 6.92 Å². The zero-order valence-corrected chi connectivity index (χ0v) is 10.8. The smallest absolute Gasteiger partial charge is 0.169 e. The predicted molar refractivity (Wildman–Crippen MR) is 70.8 cm³/mol. The average Bonchev–Trinajstić information content (AvgIpc) is 2.81. The van der Waals surface area contributed by atoms with E-state index in [1.807, 2.05) is 24.3 Å². The third kappa shape index (κ3) is 2.56. The summed E-state index contributed by atoms with van der Waals surface area (Å²) in [6, 6.07) is 9.38. The molecule has 3 rings (SSSR count). The quantitative estimate of drug-likeness (QED) is 0.913. The molecule has 2 aromatic rings. The van der Waals surface area contributed by atoms with Crippen molar-refractivity contribution in [3.63, 3.8) is 0 Å². The first kappa shape index (κ1) is 12.0. The highest BCUT2D eigenvalue weighted by molar-refractivity contribution is 5.60. The van der Waals surface area contributed by atoms with E-state index in [0.717, 1.165) is 24.5 Å². The van der Waals surface area contributed by atoms with Crippen LogP contribution in [0.25, 0.3) is 11.3 Å². The van der Waals surface area contributed by atoms with Gasteiger partial charge >= 0.3 is 0 Å². The highest BCUT2D eigenvalue weighted by Gasteiger charge is 2.34. The van der Waals surface area contributed by atoms with Gasteiger partial charge in [0.05, 0.1) is 19.8 Å². The molecule has 1 aromatic carbocycles. The molecule has 0 saturated carbocycles. The molecule has 2 N–H and O–H groups in total. The zero-order valence-electron chi connectivity index (χ0n) is 10.8. The van der Waals surface area contributed by atoms with Crippen LogP contribution in [0.4, 0.5) is 5.82 Å². The van der Waals surface area contributed by atoms with Crippen molar-refractivity contribution in [2.45, 2.75) is 6.92 Å². The van der Waals surface area contributed by atoms with Gasteiger partial charge in [0, 0.05) is 17.0 Å². The lowest BCUT2D eigenvalue weighted by Gasteiger charge is -2.37. The van der Waals surface area contributed by atoms with E-state index in [-0.39, 0.29) is 5.41 Å². The second-order valence-corrected chi connectivity index (χ2v) is 5.23. The standard InChI is InChI=1S/C14H16N2O3/c1-14(7-17-8-14)9-18-11-4-2-10(3-5-11)12-6-13(15)16-19-12/h2-6H,7-9H2,1H3,(H2,15,16). The van der Waals surface area contributed by atoms with E-state index in [2.05, 4.69) is 12.1 Å². The number of benzene rings is 1. The maximum absolute atomic E-state index is 5.76. The van der Waals surface area contributed by atoms with E-state index >= 15 is 0 Å². The second kappa shape index (κ2) is 4.59. The van der Waals surface area contributed by atoms with Gasteiger partial charge in [0.1, 0.15) is 5.75 Å². The minimum atomic E-state index is 0.151. The highest BCUT2D eigenvalue weighted by Crippen LogP contribution is 2.28. The fourth-order valence-electron chi connectivity index (χ4n) is 1.93. The fourth-order valence-corrected chi connectivity index (χ4v) is 1.93. The first-order valence-corrected chi connectivity index (χ1v) is 6.18. The summed E-state index contributed by atoms with van der Waals surface area (Å²) in [6.07, 6.45) is 0. The van der Waals surface area contributed by atoms with Crippen molar-refractivity contribution in [1.82, 2.24) is 5.16 Å². The Morgan fingerprint density at radius 3 is 2.58 bits per heavy atom. The van der Waals surface area contributed by atoms with E-state index < -0.39 is 0 Å². The van der Waals surface area contributed by atoms with Gasteiger partial charge in [-0.05, 0) is 24.3 Å². The molecule has 0 amide bonds. The summed E-state index contributed by atoms with van der Waals surface area (Å²) in [6.45, 7) is 4.36. The monoisotopic (exact) mass is 260 g/mol. The first-order chi connectivity index (χ1) is 9.15.